The highest BCUT2D eigenvalue weighted by atomic mass is 19.4. The molecular weight excluding hydrogens is 983 g/mol. The third-order valence-electron chi connectivity index (χ3n) is 14.8. The Labute approximate surface area is 406 Å². The Balaban J connectivity index is 0.000000211. The summed E-state index contributed by atoms with van der Waals surface area (Å²) in [5.74, 6) is -1.54. The van der Waals surface area contributed by atoms with Gasteiger partial charge in [0, 0.05) is 50.9 Å². The second-order valence-electron chi connectivity index (χ2n) is 19.2. The maximum absolute atomic E-state index is 13.6. The first-order valence-electron chi connectivity index (χ1n) is 23.4. The number of ether oxygens (including phenoxy) is 2. The van der Waals surface area contributed by atoms with E-state index in [-0.39, 0.29) is 70.8 Å². The van der Waals surface area contributed by atoms with Gasteiger partial charge in [-0.25, -0.2) is 8.78 Å². The molecule has 4 aromatic carbocycles. The summed E-state index contributed by atoms with van der Waals surface area (Å²) in [6.45, 7) is 2.85. The normalized spacial score (nSPS) is 26.0. The summed E-state index contributed by atoms with van der Waals surface area (Å²) in [7, 11) is 3.44. The molecule has 2 saturated heterocycles. The van der Waals surface area contributed by atoms with Gasteiger partial charge in [-0.15, -0.1) is 0 Å². The first-order valence-corrected chi connectivity index (χ1v) is 23.4. The van der Waals surface area contributed by atoms with Crippen molar-refractivity contribution in [3.05, 3.63) is 141 Å². The first kappa shape index (κ1) is 54.5. The van der Waals surface area contributed by atoms with Crippen molar-refractivity contribution in [1.82, 2.24) is 9.80 Å². The summed E-state index contributed by atoms with van der Waals surface area (Å²) in [6, 6.07) is 14.4. The van der Waals surface area contributed by atoms with E-state index in [1.807, 2.05) is 0 Å². The molecule has 72 heavy (non-hydrogen) atoms. The smallest absolute Gasteiger partial charge is 0.370 e. The van der Waals surface area contributed by atoms with Crippen LogP contribution in [0.2, 0.25) is 0 Å². The van der Waals surface area contributed by atoms with Crippen LogP contribution in [0.5, 0.6) is 0 Å². The van der Waals surface area contributed by atoms with Crippen LogP contribution in [-0.2, 0) is 43.8 Å². The van der Waals surface area contributed by atoms with Crippen LogP contribution in [-0.4, -0.2) is 60.0 Å². The Morgan fingerprint density at radius 3 is 1.00 bits per heavy atom. The van der Waals surface area contributed by atoms with Crippen molar-refractivity contribution < 1.29 is 80.5 Å². The van der Waals surface area contributed by atoms with Gasteiger partial charge in [-0.2, -0.15) is 52.7 Å². The van der Waals surface area contributed by atoms with Crippen LogP contribution < -0.4 is 0 Å². The Kier molecular flexibility index (Phi) is 15.9. The van der Waals surface area contributed by atoms with Gasteiger partial charge in [0.2, 0.25) is 11.8 Å². The zero-order valence-corrected chi connectivity index (χ0v) is 39.3. The minimum absolute atomic E-state index is 0.0132. The number of carbonyl (C=O) groups is 2. The molecule has 8 rings (SSSR count). The van der Waals surface area contributed by atoms with Crippen molar-refractivity contribution in [2.75, 3.05) is 14.1 Å². The average Bonchev–Trinajstić information content (AvgIpc) is 4.08. The quantitative estimate of drug-likeness (QED) is 0.149. The van der Waals surface area contributed by atoms with Crippen molar-refractivity contribution in [2.24, 2.45) is 11.8 Å². The molecule has 0 N–H and O–H groups in total. The monoisotopic (exact) mass is 1030 g/mol. The van der Waals surface area contributed by atoms with Gasteiger partial charge in [0.25, 0.3) is 0 Å². The fourth-order valence-corrected chi connectivity index (χ4v) is 11.2. The molecule has 2 heterocycles. The maximum atomic E-state index is 13.6. The largest absolute Gasteiger partial charge is 0.416 e. The fraction of sp³-hybridized carbons (Fsp3) is 0.500. The molecule has 0 unspecified atom stereocenters. The summed E-state index contributed by atoms with van der Waals surface area (Å²) in [4.78, 5) is 27.7. The molecule has 4 fully saturated rings. The van der Waals surface area contributed by atoms with Gasteiger partial charge in [-0.05, 0) is 147 Å². The number of carbonyl (C=O) groups excluding carboxylic acids is 2. The standard InChI is InChI=1S/2C26H26F7NO2/c2*1-14(16-11-17(25(28,29)30)13-18(12-16)26(31,32)33)36-22-9-7-20(21-8-10-23(35)34(21)2)24(22)15-3-5-19(27)6-4-15/h2*3-6,11-14,20-22,24H,7-10H2,1-2H3/t14-,20+,21+,22+,24+;14-,20+,21-,22+,24+/m11/s1. The molecule has 0 radical (unpaired) electrons. The number of rotatable bonds is 10. The predicted molar refractivity (Wildman–Crippen MR) is 235 cm³/mol. The number of alkyl halides is 12. The SMILES string of the molecule is C[C@@H](O[C@H]1CC[C@@H]([C@@H]2CCC(=O)N2C)[C@@H]1c1ccc(F)cc1)c1cc(C(F)(F)F)cc(C(F)(F)F)c1.C[C@@H](O[C@H]1CC[C@@H]([C@H]2CCC(=O)N2C)[C@@H]1c1ccc(F)cc1)c1cc(C(F)(F)F)cc(C(F)(F)F)c1. The molecule has 4 aromatic rings. The first-order chi connectivity index (χ1) is 33.5. The molecule has 2 aliphatic heterocycles. The highest BCUT2D eigenvalue weighted by Crippen LogP contribution is 2.50. The molecule has 2 aliphatic carbocycles. The molecule has 0 spiro atoms. The van der Waals surface area contributed by atoms with Crippen molar-refractivity contribution in [3.63, 3.8) is 0 Å². The van der Waals surface area contributed by atoms with E-state index in [0.29, 0.717) is 75.6 Å². The predicted octanol–water partition coefficient (Wildman–Crippen LogP) is 14.2. The Morgan fingerprint density at radius 2 is 0.750 bits per heavy atom. The van der Waals surface area contributed by atoms with Crippen molar-refractivity contribution >= 4 is 11.8 Å². The summed E-state index contributed by atoms with van der Waals surface area (Å²) in [5, 5.41) is 0. The Hall–Kier alpha value is -5.24. The summed E-state index contributed by atoms with van der Waals surface area (Å²) in [5.41, 5.74) is -4.53. The topological polar surface area (TPSA) is 59.1 Å². The summed E-state index contributed by atoms with van der Waals surface area (Å²) < 4.78 is 200. The summed E-state index contributed by atoms with van der Waals surface area (Å²) in [6.07, 6.45) is -18.6. The molecule has 6 nitrogen and oxygen atoms in total. The number of benzene rings is 4. The van der Waals surface area contributed by atoms with Crippen LogP contribution in [0.4, 0.5) is 61.5 Å². The molecule has 20 heteroatoms. The van der Waals surface area contributed by atoms with Crippen molar-refractivity contribution in [2.45, 2.75) is 138 Å². The van der Waals surface area contributed by atoms with Gasteiger partial charge >= 0.3 is 24.7 Å². The van der Waals surface area contributed by atoms with Crippen LogP contribution in [0.15, 0.2) is 84.9 Å². The van der Waals surface area contributed by atoms with Crippen molar-refractivity contribution in [1.29, 1.82) is 0 Å². The van der Waals surface area contributed by atoms with Crippen LogP contribution in [0.25, 0.3) is 0 Å². The number of nitrogens with zero attached hydrogens (tertiary/aromatic N) is 2. The molecule has 10 atom stereocenters. The molecule has 2 saturated carbocycles. The Bertz CT molecular complexity index is 2300. The lowest BCUT2D eigenvalue weighted by Crippen LogP contribution is -2.37. The summed E-state index contributed by atoms with van der Waals surface area (Å²) >= 11 is 0. The van der Waals surface area contributed by atoms with E-state index in [1.165, 1.54) is 38.1 Å². The number of hydrogen-bond acceptors (Lipinski definition) is 4. The minimum Gasteiger partial charge on any atom is -0.370 e. The third kappa shape index (κ3) is 12.2. The van der Waals surface area contributed by atoms with E-state index >= 15 is 0 Å². The number of hydrogen-bond donors (Lipinski definition) is 0. The van der Waals surface area contributed by atoms with E-state index in [0.717, 1.165) is 11.1 Å². The van der Waals surface area contributed by atoms with Gasteiger partial charge in [0.15, 0.2) is 0 Å². The molecule has 392 valence electrons. The van der Waals surface area contributed by atoms with E-state index in [2.05, 4.69) is 0 Å². The van der Waals surface area contributed by atoms with Gasteiger partial charge in [0.1, 0.15) is 11.6 Å². The fourth-order valence-electron chi connectivity index (χ4n) is 11.2. The number of likely N-dealkylation sites (tertiary alicyclic amines) is 2. The second-order valence-corrected chi connectivity index (χ2v) is 19.2. The zero-order chi connectivity index (χ0) is 52.8. The molecule has 2 amide bonds. The molecular formula is C52H52F14N2O4. The van der Waals surface area contributed by atoms with Crippen LogP contribution >= 0.6 is 0 Å². The number of halogens is 14. The van der Waals surface area contributed by atoms with Crippen LogP contribution in [0.3, 0.4) is 0 Å². The average molecular weight is 1030 g/mol. The molecule has 4 aliphatic rings. The lowest BCUT2D eigenvalue weighted by atomic mass is 9.82. The minimum atomic E-state index is -4.95. The van der Waals surface area contributed by atoms with E-state index < -0.39 is 83.0 Å². The highest BCUT2D eigenvalue weighted by molar-refractivity contribution is 5.79. The van der Waals surface area contributed by atoms with Crippen LogP contribution in [0.1, 0.15) is 134 Å². The van der Waals surface area contributed by atoms with Crippen LogP contribution in [0, 0.1) is 23.5 Å². The van der Waals surface area contributed by atoms with Gasteiger partial charge in [-0.1, -0.05) is 24.3 Å². The highest BCUT2D eigenvalue weighted by Gasteiger charge is 2.49. The Morgan fingerprint density at radius 1 is 0.458 bits per heavy atom. The lowest BCUT2D eigenvalue weighted by Gasteiger charge is -2.34. The van der Waals surface area contributed by atoms with E-state index in [4.69, 9.17) is 9.47 Å². The third-order valence-corrected chi connectivity index (χ3v) is 14.8. The molecule has 0 bridgehead atoms. The second kappa shape index (κ2) is 20.9. The van der Waals surface area contributed by atoms with Crippen molar-refractivity contribution in [3.8, 4) is 0 Å². The van der Waals surface area contributed by atoms with Gasteiger partial charge < -0.3 is 19.3 Å². The number of amides is 2. The van der Waals surface area contributed by atoms with Gasteiger partial charge in [0.05, 0.1) is 46.7 Å². The maximum Gasteiger partial charge on any atom is 0.416 e. The van der Waals surface area contributed by atoms with E-state index in [1.54, 1.807) is 48.2 Å². The molecule has 0 aromatic heterocycles. The van der Waals surface area contributed by atoms with Gasteiger partial charge in [-0.3, -0.25) is 9.59 Å². The zero-order valence-electron chi connectivity index (χ0n) is 39.3. The lowest BCUT2D eigenvalue weighted by molar-refractivity contribution is -0.145. The van der Waals surface area contributed by atoms with E-state index in [9.17, 15) is 71.1 Å².